The number of benzene rings is 2. The topological polar surface area (TPSA) is 89.6 Å². The summed E-state index contributed by atoms with van der Waals surface area (Å²) in [5, 5.41) is 10.9. The summed E-state index contributed by atoms with van der Waals surface area (Å²) < 4.78 is 1.87. The van der Waals surface area contributed by atoms with E-state index in [1.54, 1.807) is 49.9 Å². The van der Waals surface area contributed by atoms with Gasteiger partial charge >= 0.3 is 0 Å². The lowest BCUT2D eigenvalue weighted by molar-refractivity contribution is 0.0988. The Bertz CT molecular complexity index is 1360. The maximum atomic E-state index is 13.1. The summed E-state index contributed by atoms with van der Waals surface area (Å²) in [7, 11) is 1.68. The van der Waals surface area contributed by atoms with Crippen LogP contribution in [0, 0.1) is 11.3 Å². The van der Waals surface area contributed by atoms with Gasteiger partial charge in [0.05, 0.1) is 35.4 Å². The summed E-state index contributed by atoms with van der Waals surface area (Å²) in [6, 6.07) is 17.0. The van der Waals surface area contributed by atoms with E-state index in [0.29, 0.717) is 22.6 Å². The van der Waals surface area contributed by atoms with Gasteiger partial charge in [-0.2, -0.15) is 5.26 Å². The third-order valence-electron chi connectivity index (χ3n) is 5.38. The number of hydrogen-bond donors (Lipinski definition) is 1. The lowest BCUT2D eigenvalue weighted by Crippen LogP contribution is -2.27. The Morgan fingerprint density at radius 1 is 1.09 bits per heavy atom. The molecule has 0 atom stereocenters. The molecule has 2 aromatic carbocycles. The van der Waals surface area contributed by atoms with Crippen molar-refractivity contribution in [2.24, 2.45) is 0 Å². The van der Waals surface area contributed by atoms with Crippen LogP contribution in [0.2, 0.25) is 0 Å². The summed E-state index contributed by atoms with van der Waals surface area (Å²) >= 11 is 0. The van der Waals surface area contributed by atoms with Crippen molar-refractivity contribution in [3.63, 3.8) is 0 Å². The maximum absolute atomic E-state index is 13.1. The first-order valence-corrected chi connectivity index (χ1v) is 10.1. The molecule has 5 rings (SSSR count). The van der Waals surface area contributed by atoms with E-state index in [0.717, 1.165) is 23.5 Å². The van der Waals surface area contributed by atoms with Gasteiger partial charge in [-0.1, -0.05) is 18.2 Å². The van der Waals surface area contributed by atoms with Gasteiger partial charge in [0.1, 0.15) is 5.69 Å². The van der Waals surface area contributed by atoms with Crippen molar-refractivity contribution in [3.8, 4) is 17.3 Å². The van der Waals surface area contributed by atoms with Gasteiger partial charge in [-0.05, 0) is 36.4 Å². The average molecular weight is 421 g/mol. The van der Waals surface area contributed by atoms with Crippen LogP contribution in [-0.4, -0.2) is 33.9 Å². The zero-order valence-electron chi connectivity index (χ0n) is 17.3. The molecule has 32 heavy (non-hydrogen) atoms. The monoisotopic (exact) mass is 421 g/mol. The molecule has 1 aliphatic heterocycles. The van der Waals surface area contributed by atoms with Crippen molar-refractivity contribution in [1.29, 1.82) is 5.26 Å². The molecular weight excluding hydrogens is 402 g/mol. The number of carbonyl (C=O) groups is 1. The number of anilines is 2. The number of hydrogen-bond acceptors (Lipinski definition) is 6. The highest BCUT2D eigenvalue weighted by Gasteiger charge is 2.17. The number of nitrogens with one attached hydrogen (secondary N) is 1. The highest BCUT2D eigenvalue weighted by atomic mass is 16.2. The van der Waals surface area contributed by atoms with E-state index < -0.39 is 0 Å². The van der Waals surface area contributed by atoms with Crippen LogP contribution in [0.25, 0.3) is 16.9 Å². The number of imidazole rings is 1. The largest absolute Gasteiger partial charge is 0.310 e. The second kappa shape index (κ2) is 7.98. The van der Waals surface area contributed by atoms with Gasteiger partial charge in [0.25, 0.3) is 5.91 Å². The van der Waals surface area contributed by atoms with E-state index in [-0.39, 0.29) is 5.91 Å². The summed E-state index contributed by atoms with van der Waals surface area (Å²) in [5.74, 6) is -0.251. The normalized spacial score (nSPS) is 12.8. The van der Waals surface area contributed by atoms with E-state index >= 15 is 0 Å². The van der Waals surface area contributed by atoms with Crippen LogP contribution in [0.4, 0.5) is 11.4 Å². The molecule has 0 aliphatic carbocycles. The number of carbonyl (C=O) groups excluding carboxylic acids is 1. The summed E-state index contributed by atoms with van der Waals surface area (Å²) in [5.41, 5.74) is 8.32. The lowest BCUT2D eigenvalue weighted by atomic mass is 10.1. The fourth-order valence-electron chi connectivity index (χ4n) is 3.59. The van der Waals surface area contributed by atoms with Crippen molar-refractivity contribution in [2.45, 2.75) is 0 Å². The highest BCUT2D eigenvalue weighted by molar-refractivity contribution is 6.04. The van der Waals surface area contributed by atoms with Gasteiger partial charge in [0.15, 0.2) is 5.65 Å². The molecule has 4 aromatic rings. The molecule has 0 saturated heterocycles. The number of nitriles is 1. The fourth-order valence-corrected chi connectivity index (χ4v) is 3.59. The van der Waals surface area contributed by atoms with Crippen molar-refractivity contribution in [2.75, 3.05) is 23.5 Å². The molecule has 1 N–H and O–H groups in total. The quantitative estimate of drug-likeness (QED) is 0.543. The fraction of sp³-hybridized carbons (Fsp3) is 0.0833. The SMILES string of the molecule is CN(C(=O)c1cn2c(-c3ccc(N4C=CCN4)cc3)cnc2cn1)c1ccc(C#N)cc1. The molecule has 0 bridgehead atoms. The van der Waals surface area contributed by atoms with Crippen LogP contribution < -0.4 is 15.3 Å². The average Bonchev–Trinajstić information content (AvgIpc) is 3.53. The Morgan fingerprint density at radius 3 is 2.56 bits per heavy atom. The molecular formula is C24H19N7O. The van der Waals surface area contributed by atoms with Gasteiger partial charge < -0.3 is 4.90 Å². The molecule has 0 saturated carbocycles. The van der Waals surface area contributed by atoms with Gasteiger partial charge in [-0.3, -0.25) is 14.2 Å². The Morgan fingerprint density at radius 2 is 1.88 bits per heavy atom. The number of nitrogens with zero attached hydrogens (tertiary/aromatic N) is 6. The Balaban J connectivity index is 1.45. The highest BCUT2D eigenvalue weighted by Crippen LogP contribution is 2.25. The van der Waals surface area contributed by atoms with E-state index in [1.807, 2.05) is 39.9 Å². The van der Waals surface area contributed by atoms with Crippen molar-refractivity contribution >= 4 is 22.9 Å². The van der Waals surface area contributed by atoms with E-state index in [2.05, 4.69) is 27.5 Å². The van der Waals surface area contributed by atoms with Gasteiger partial charge in [0, 0.05) is 37.2 Å². The first-order chi connectivity index (χ1) is 15.6. The van der Waals surface area contributed by atoms with E-state index in [9.17, 15) is 4.79 Å². The molecule has 8 heteroatoms. The molecule has 1 amide bonds. The van der Waals surface area contributed by atoms with Crippen LogP contribution in [0.1, 0.15) is 16.1 Å². The van der Waals surface area contributed by atoms with Gasteiger partial charge in [0.2, 0.25) is 0 Å². The second-order valence-corrected chi connectivity index (χ2v) is 7.33. The Kier molecular flexibility index (Phi) is 4.86. The summed E-state index contributed by atoms with van der Waals surface area (Å²) in [6.45, 7) is 0.815. The van der Waals surface area contributed by atoms with Crippen molar-refractivity contribution in [3.05, 3.63) is 90.7 Å². The number of amides is 1. The Labute approximate surface area is 184 Å². The van der Waals surface area contributed by atoms with Crippen LogP contribution in [0.15, 0.2) is 79.4 Å². The van der Waals surface area contributed by atoms with E-state index in [4.69, 9.17) is 5.26 Å². The number of rotatable bonds is 4. The van der Waals surface area contributed by atoms with Gasteiger partial charge in [-0.15, -0.1) is 0 Å². The molecule has 8 nitrogen and oxygen atoms in total. The molecule has 0 fully saturated rings. The predicted molar refractivity (Wildman–Crippen MR) is 122 cm³/mol. The zero-order valence-corrected chi connectivity index (χ0v) is 17.3. The van der Waals surface area contributed by atoms with Crippen molar-refractivity contribution in [1.82, 2.24) is 19.8 Å². The molecule has 1 aliphatic rings. The molecule has 0 spiro atoms. The summed E-state index contributed by atoms with van der Waals surface area (Å²) in [6.07, 6.45) is 9.13. The first-order valence-electron chi connectivity index (χ1n) is 10.1. The number of hydrazine groups is 1. The minimum atomic E-state index is -0.251. The molecule has 3 heterocycles. The van der Waals surface area contributed by atoms with Crippen LogP contribution >= 0.6 is 0 Å². The van der Waals surface area contributed by atoms with Crippen molar-refractivity contribution < 1.29 is 4.79 Å². The predicted octanol–water partition coefficient (Wildman–Crippen LogP) is 3.38. The first kappa shape index (κ1) is 19.5. The van der Waals surface area contributed by atoms with Gasteiger partial charge in [-0.25, -0.2) is 15.4 Å². The molecule has 0 unspecified atom stereocenters. The minimum absolute atomic E-state index is 0.251. The molecule has 0 radical (unpaired) electrons. The van der Waals surface area contributed by atoms with Crippen LogP contribution in [0.5, 0.6) is 0 Å². The lowest BCUT2D eigenvalue weighted by Gasteiger charge is -2.17. The van der Waals surface area contributed by atoms with E-state index in [1.165, 1.54) is 4.90 Å². The standard InChI is InChI=1S/C24H19N7O/c1-29(19-7-3-17(13-25)4-8-19)24(32)21-16-30-22(14-27-23(30)15-26-21)18-5-9-20(10-6-18)31-12-2-11-28-31/h2-10,12,14-16,28H,11H2,1H3. The smallest absolute Gasteiger partial charge is 0.278 e. The minimum Gasteiger partial charge on any atom is -0.310 e. The van der Waals surface area contributed by atoms with Crippen LogP contribution in [0.3, 0.4) is 0 Å². The third-order valence-corrected chi connectivity index (χ3v) is 5.38. The maximum Gasteiger partial charge on any atom is 0.278 e. The number of fused-ring (bicyclic) bond motifs is 1. The second-order valence-electron chi connectivity index (χ2n) is 7.33. The Hall–Kier alpha value is -4.48. The summed E-state index contributed by atoms with van der Waals surface area (Å²) in [4.78, 5) is 23.3. The van der Waals surface area contributed by atoms with Crippen LogP contribution in [-0.2, 0) is 0 Å². The molecule has 2 aromatic heterocycles. The third kappa shape index (κ3) is 3.47. The zero-order chi connectivity index (χ0) is 22.1. The number of aromatic nitrogens is 3. The molecule has 156 valence electrons.